The van der Waals surface area contributed by atoms with Crippen molar-refractivity contribution in [1.82, 2.24) is 9.88 Å². The highest BCUT2D eigenvalue weighted by Gasteiger charge is 2.34. The first-order valence-electron chi connectivity index (χ1n) is 10.9. The molecule has 6 heteroatoms. The molecule has 2 N–H and O–H groups in total. The molecular weight excluding hydrogens is 416 g/mol. The van der Waals surface area contributed by atoms with Crippen LogP contribution in [0.2, 0.25) is 0 Å². The van der Waals surface area contributed by atoms with Crippen molar-refractivity contribution in [3.63, 3.8) is 0 Å². The van der Waals surface area contributed by atoms with Gasteiger partial charge in [0.25, 0.3) is 0 Å². The number of para-hydroxylation sites is 2. The van der Waals surface area contributed by atoms with E-state index in [1.807, 2.05) is 41.3 Å². The van der Waals surface area contributed by atoms with Crippen molar-refractivity contribution in [3.8, 4) is 17.2 Å². The molecule has 33 heavy (non-hydrogen) atoms. The first kappa shape index (κ1) is 19.5. The number of nitrogens with one attached hydrogen (secondary N) is 1. The van der Waals surface area contributed by atoms with E-state index in [2.05, 4.69) is 17.1 Å². The number of amides is 1. The third-order valence-electron chi connectivity index (χ3n) is 6.37. The molecule has 2 aliphatic rings. The summed E-state index contributed by atoms with van der Waals surface area (Å²) in [4.78, 5) is 18.8. The number of ether oxygens (including phenoxy) is 2. The van der Waals surface area contributed by atoms with Crippen LogP contribution in [0.5, 0.6) is 17.2 Å². The molecule has 1 unspecified atom stereocenters. The van der Waals surface area contributed by atoms with Crippen molar-refractivity contribution < 1.29 is 19.4 Å². The lowest BCUT2D eigenvalue weighted by Crippen LogP contribution is -2.39. The monoisotopic (exact) mass is 438 g/mol. The fourth-order valence-corrected chi connectivity index (χ4v) is 4.79. The number of benzene rings is 3. The van der Waals surface area contributed by atoms with Crippen LogP contribution in [0.1, 0.15) is 28.4 Å². The van der Waals surface area contributed by atoms with E-state index < -0.39 is 0 Å². The Morgan fingerprint density at radius 1 is 1.03 bits per heavy atom. The molecule has 0 radical (unpaired) electrons. The van der Waals surface area contributed by atoms with Gasteiger partial charge in [-0.3, -0.25) is 4.79 Å². The van der Waals surface area contributed by atoms with E-state index in [-0.39, 0.29) is 24.5 Å². The van der Waals surface area contributed by atoms with Gasteiger partial charge in [-0.2, -0.15) is 0 Å². The minimum atomic E-state index is -0.294. The number of phenols is 1. The molecule has 1 atom stereocenters. The number of carbonyl (C=O) groups excluding carboxylic acids is 1. The summed E-state index contributed by atoms with van der Waals surface area (Å²) in [5, 5.41) is 11.2. The van der Waals surface area contributed by atoms with Gasteiger partial charge in [0.15, 0.2) is 11.5 Å². The van der Waals surface area contributed by atoms with Gasteiger partial charge in [-0.05, 0) is 47.9 Å². The van der Waals surface area contributed by atoms with E-state index in [1.165, 1.54) is 17.0 Å². The second kappa shape index (κ2) is 7.74. The van der Waals surface area contributed by atoms with E-state index in [4.69, 9.17) is 9.47 Å². The summed E-state index contributed by atoms with van der Waals surface area (Å²) in [5.41, 5.74) is 4.88. The zero-order valence-electron chi connectivity index (χ0n) is 17.8. The molecule has 6 nitrogen and oxygen atoms in total. The van der Waals surface area contributed by atoms with Crippen LogP contribution in [-0.2, 0) is 11.2 Å². The first-order chi connectivity index (χ1) is 16.2. The number of rotatable bonds is 3. The Morgan fingerprint density at radius 3 is 2.76 bits per heavy atom. The van der Waals surface area contributed by atoms with Gasteiger partial charge in [-0.1, -0.05) is 42.5 Å². The molecule has 1 amide bonds. The number of aromatic hydroxyl groups is 1. The second-order valence-electron chi connectivity index (χ2n) is 8.25. The summed E-state index contributed by atoms with van der Waals surface area (Å²) in [6, 6.07) is 20.8. The average Bonchev–Trinajstić information content (AvgIpc) is 3.46. The maximum atomic E-state index is 13.4. The SMILES string of the molecule is O=C(/C=C/c1ccccc1O)N1CCc2c([nH]c3ccccc23)C1c1ccc2c(c1)OCO2. The fourth-order valence-electron chi connectivity index (χ4n) is 4.79. The minimum Gasteiger partial charge on any atom is -0.507 e. The number of H-pyrrole nitrogens is 1. The van der Waals surface area contributed by atoms with Gasteiger partial charge >= 0.3 is 0 Å². The van der Waals surface area contributed by atoms with Crippen LogP contribution in [0, 0.1) is 0 Å². The number of aromatic nitrogens is 1. The van der Waals surface area contributed by atoms with E-state index in [1.54, 1.807) is 24.3 Å². The number of aromatic amines is 1. The van der Waals surface area contributed by atoms with Gasteiger partial charge in [0.05, 0.1) is 6.04 Å². The first-order valence-corrected chi connectivity index (χ1v) is 10.9. The molecule has 0 spiro atoms. The van der Waals surface area contributed by atoms with Crippen LogP contribution >= 0.6 is 0 Å². The van der Waals surface area contributed by atoms with Crippen LogP contribution in [0.3, 0.4) is 0 Å². The van der Waals surface area contributed by atoms with E-state index in [0.29, 0.717) is 23.6 Å². The lowest BCUT2D eigenvalue weighted by atomic mass is 9.92. The quantitative estimate of drug-likeness (QED) is 0.451. The zero-order chi connectivity index (χ0) is 22.4. The predicted molar refractivity (Wildman–Crippen MR) is 125 cm³/mol. The van der Waals surface area contributed by atoms with Crippen molar-refractivity contribution in [2.75, 3.05) is 13.3 Å². The summed E-state index contributed by atoms with van der Waals surface area (Å²) in [6.45, 7) is 0.783. The highest BCUT2D eigenvalue weighted by Crippen LogP contribution is 2.42. The Labute approximate surface area is 190 Å². The minimum absolute atomic E-state index is 0.120. The van der Waals surface area contributed by atoms with E-state index >= 15 is 0 Å². The van der Waals surface area contributed by atoms with Crippen LogP contribution in [0.15, 0.2) is 72.8 Å². The Bertz CT molecular complexity index is 1400. The van der Waals surface area contributed by atoms with Crippen molar-refractivity contribution >= 4 is 22.9 Å². The molecule has 0 saturated carbocycles. The highest BCUT2D eigenvalue weighted by molar-refractivity contribution is 5.94. The van der Waals surface area contributed by atoms with Gasteiger partial charge in [-0.15, -0.1) is 0 Å². The third kappa shape index (κ3) is 3.31. The average molecular weight is 438 g/mol. The number of nitrogens with zero attached hydrogens (tertiary/aromatic N) is 1. The summed E-state index contributed by atoms with van der Waals surface area (Å²) in [6.07, 6.45) is 3.95. The highest BCUT2D eigenvalue weighted by atomic mass is 16.7. The Balaban J connectivity index is 1.43. The molecule has 4 aromatic rings. The van der Waals surface area contributed by atoms with Crippen LogP contribution in [0.25, 0.3) is 17.0 Å². The van der Waals surface area contributed by atoms with Crippen LogP contribution < -0.4 is 9.47 Å². The topological polar surface area (TPSA) is 74.8 Å². The van der Waals surface area contributed by atoms with Crippen molar-refractivity contribution in [3.05, 3.63) is 95.2 Å². The maximum absolute atomic E-state index is 13.4. The molecule has 0 fully saturated rings. The second-order valence-corrected chi connectivity index (χ2v) is 8.25. The summed E-state index contributed by atoms with van der Waals surface area (Å²) in [5.74, 6) is 1.42. The number of fused-ring (bicyclic) bond motifs is 4. The Morgan fingerprint density at radius 2 is 1.85 bits per heavy atom. The largest absolute Gasteiger partial charge is 0.507 e. The fraction of sp³-hybridized carbons (Fsp3) is 0.148. The molecule has 3 aromatic carbocycles. The predicted octanol–water partition coefficient (Wildman–Crippen LogP) is 4.79. The molecule has 0 saturated heterocycles. The lowest BCUT2D eigenvalue weighted by molar-refractivity contribution is -0.128. The van der Waals surface area contributed by atoms with Gasteiger partial charge < -0.3 is 24.5 Å². The van der Waals surface area contributed by atoms with Crippen LogP contribution in [0.4, 0.5) is 0 Å². The number of phenolic OH excluding ortho intramolecular Hbond substituents is 1. The normalized spacial score (nSPS) is 17.0. The summed E-state index contributed by atoms with van der Waals surface area (Å²) in [7, 11) is 0. The maximum Gasteiger partial charge on any atom is 0.247 e. The van der Waals surface area contributed by atoms with E-state index in [9.17, 15) is 9.90 Å². The van der Waals surface area contributed by atoms with Gasteiger partial charge in [-0.25, -0.2) is 0 Å². The zero-order valence-corrected chi connectivity index (χ0v) is 17.8. The Kier molecular flexibility index (Phi) is 4.57. The van der Waals surface area contributed by atoms with Crippen LogP contribution in [-0.4, -0.2) is 34.2 Å². The van der Waals surface area contributed by atoms with Gasteiger partial charge in [0, 0.05) is 34.8 Å². The molecule has 3 heterocycles. The van der Waals surface area contributed by atoms with E-state index in [0.717, 1.165) is 23.2 Å². The smallest absolute Gasteiger partial charge is 0.247 e. The van der Waals surface area contributed by atoms with Crippen molar-refractivity contribution in [1.29, 1.82) is 0 Å². The molecular formula is C27H22N2O4. The standard InChI is InChI=1S/C27H22N2O4/c30-22-8-4-1-5-17(22)10-12-25(31)29-14-13-20-19-6-2-3-7-21(19)28-26(20)27(29)18-9-11-23-24(15-18)33-16-32-23/h1-12,15,27-28,30H,13-14,16H2/b12-10+. The molecule has 6 rings (SSSR count). The summed E-state index contributed by atoms with van der Waals surface area (Å²) < 4.78 is 11.1. The molecule has 1 aromatic heterocycles. The molecule has 2 aliphatic heterocycles. The van der Waals surface area contributed by atoms with Gasteiger partial charge in [0.1, 0.15) is 5.75 Å². The number of carbonyl (C=O) groups is 1. The lowest BCUT2D eigenvalue weighted by Gasteiger charge is -2.35. The number of hydrogen-bond acceptors (Lipinski definition) is 4. The van der Waals surface area contributed by atoms with Crippen molar-refractivity contribution in [2.45, 2.75) is 12.5 Å². The van der Waals surface area contributed by atoms with Gasteiger partial charge in [0.2, 0.25) is 12.7 Å². The summed E-state index contributed by atoms with van der Waals surface area (Å²) >= 11 is 0. The third-order valence-corrected chi connectivity index (χ3v) is 6.37. The Hall–Kier alpha value is -4.19. The van der Waals surface area contributed by atoms with Crippen molar-refractivity contribution in [2.24, 2.45) is 0 Å². The number of hydrogen-bond donors (Lipinski definition) is 2. The molecule has 0 aliphatic carbocycles. The molecule has 164 valence electrons. The molecule has 0 bridgehead atoms.